The van der Waals surface area contributed by atoms with E-state index >= 15 is 0 Å². The maximum atomic E-state index is 11.7. The van der Waals surface area contributed by atoms with Crippen molar-refractivity contribution in [1.29, 1.82) is 5.26 Å². The summed E-state index contributed by atoms with van der Waals surface area (Å²) in [5.41, 5.74) is 7.04. The van der Waals surface area contributed by atoms with Gasteiger partial charge in [0.2, 0.25) is 0 Å². The maximum Gasteiger partial charge on any atom is 0.414 e. The van der Waals surface area contributed by atoms with Gasteiger partial charge in [0.05, 0.1) is 18.0 Å². The molecule has 5 heteroatoms. The molecule has 0 aromatic heterocycles. The zero-order valence-corrected chi connectivity index (χ0v) is 10.5. The first-order valence-electron chi connectivity index (χ1n) is 6.38. The minimum atomic E-state index is -0.357. The summed E-state index contributed by atoms with van der Waals surface area (Å²) in [6, 6.07) is 9.95. The molecule has 1 heterocycles. The van der Waals surface area contributed by atoms with Gasteiger partial charge in [-0.3, -0.25) is 4.90 Å². The van der Waals surface area contributed by atoms with Gasteiger partial charge in [-0.1, -0.05) is 12.1 Å². The fraction of sp³-hybridized carbons (Fsp3) is 0.429. The van der Waals surface area contributed by atoms with Gasteiger partial charge in [0.25, 0.3) is 0 Å². The van der Waals surface area contributed by atoms with Crippen molar-refractivity contribution in [2.75, 3.05) is 18.0 Å². The fourth-order valence-corrected chi connectivity index (χ4v) is 2.41. The van der Waals surface area contributed by atoms with Crippen molar-refractivity contribution in [3.05, 3.63) is 29.8 Å². The molecule has 5 nitrogen and oxygen atoms in total. The van der Waals surface area contributed by atoms with Crippen molar-refractivity contribution in [3.8, 4) is 6.07 Å². The number of carbonyl (C=O) groups is 1. The number of hydrogen-bond donors (Lipinski definition) is 1. The van der Waals surface area contributed by atoms with Crippen LogP contribution in [0.5, 0.6) is 0 Å². The number of nitrogens with zero attached hydrogens (tertiary/aromatic N) is 2. The first-order valence-corrected chi connectivity index (χ1v) is 6.38. The summed E-state index contributed by atoms with van der Waals surface area (Å²) in [5.74, 6) is 0. The summed E-state index contributed by atoms with van der Waals surface area (Å²) in [6.07, 6.45) is 1.25. The molecule has 1 aromatic rings. The fourth-order valence-electron chi connectivity index (χ4n) is 2.41. The third kappa shape index (κ3) is 1.94. The minimum absolute atomic E-state index is 0.235. The topological polar surface area (TPSA) is 79.3 Å². The van der Waals surface area contributed by atoms with E-state index in [4.69, 9.17) is 15.7 Å². The first kappa shape index (κ1) is 12.0. The molecular formula is C14H15N3O2. The molecule has 2 N–H and O–H groups in total. The summed E-state index contributed by atoms with van der Waals surface area (Å²) in [7, 11) is 0. The maximum absolute atomic E-state index is 11.7. The van der Waals surface area contributed by atoms with Gasteiger partial charge in [-0.2, -0.15) is 5.26 Å². The van der Waals surface area contributed by atoms with Crippen LogP contribution in [0.2, 0.25) is 0 Å². The molecule has 3 rings (SSSR count). The van der Waals surface area contributed by atoms with E-state index in [2.05, 4.69) is 6.07 Å². The van der Waals surface area contributed by atoms with Gasteiger partial charge >= 0.3 is 6.09 Å². The monoisotopic (exact) mass is 257 g/mol. The molecular weight excluding hydrogens is 242 g/mol. The van der Waals surface area contributed by atoms with Crippen LogP contribution in [-0.2, 0) is 10.2 Å². The van der Waals surface area contributed by atoms with Crippen LogP contribution in [0, 0.1) is 11.3 Å². The van der Waals surface area contributed by atoms with Gasteiger partial charge in [-0.25, -0.2) is 4.79 Å². The van der Waals surface area contributed by atoms with Crippen molar-refractivity contribution in [2.45, 2.75) is 24.4 Å². The Bertz CT molecular complexity index is 543. The Morgan fingerprint density at radius 3 is 2.58 bits per heavy atom. The molecule has 2 fully saturated rings. The molecule has 1 amide bonds. The summed E-state index contributed by atoms with van der Waals surface area (Å²) in [6.45, 7) is 0.815. The van der Waals surface area contributed by atoms with Crippen LogP contribution < -0.4 is 10.6 Å². The van der Waals surface area contributed by atoms with E-state index in [0.717, 1.165) is 24.1 Å². The first-order chi connectivity index (χ1) is 9.18. The Morgan fingerprint density at radius 1 is 1.42 bits per heavy atom. The van der Waals surface area contributed by atoms with Crippen molar-refractivity contribution < 1.29 is 9.53 Å². The highest BCUT2D eigenvalue weighted by molar-refractivity contribution is 5.89. The van der Waals surface area contributed by atoms with E-state index in [1.54, 1.807) is 4.90 Å². The van der Waals surface area contributed by atoms with Crippen molar-refractivity contribution in [1.82, 2.24) is 0 Å². The number of hydrogen-bond acceptors (Lipinski definition) is 4. The normalized spacial score (nSPS) is 23.9. The molecule has 1 unspecified atom stereocenters. The predicted octanol–water partition coefficient (Wildman–Crippen LogP) is 1.53. The smallest absolute Gasteiger partial charge is 0.414 e. The third-order valence-electron chi connectivity index (χ3n) is 3.83. The Hall–Kier alpha value is -2.06. The van der Waals surface area contributed by atoms with Crippen LogP contribution in [0.1, 0.15) is 18.4 Å². The Kier molecular flexibility index (Phi) is 2.68. The van der Waals surface area contributed by atoms with Crippen molar-refractivity contribution >= 4 is 11.8 Å². The van der Waals surface area contributed by atoms with E-state index in [-0.39, 0.29) is 17.6 Å². The standard InChI is InChI=1S/C14H15N3O2/c15-7-12-8-17(13(18)19-12)11-3-1-10(2-4-11)14(9-16)5-6-14/h1-4,12H,5-8,15H2. The van der Waals surface area contributed by atoms with Crippen LogP contribution in [0.4, 0.5) is 10.5 Å². The Labute approximate surface area is 111 Å². The predicted molar refractivity (Wildman–Crippen MR) is 69.6 cm³/mol. The molecule has 1 atom stereocenters. The second kappa shape index (κ2) is 4.25. The average Bonchev–Trinajstić information content (AvgIpc) is 3.16. The number of amides is 1. The largest absolute Gasteiger partial charge is 0.443 e. The zero-order valence-electron chi connectivity index (χ0n) is 10.5. The van der Waals surface area contributed by atoms with Crippen LogP contribution in [0.15, 0.2) is 24.3 Å². The summed E-state index contributed by atoms with van der Waals surface area (Å²) in [5, 5.41) is 9.15. The lowest BCUT2D eigenvalue weighted by Gasteiger charge is -2.14. The number of nitrogens with two attached hydrogens (primary N) is 1. The van der Waals surface area contributed by atoms with Crippen molar-refractivity contribution in [2.24, 2.45) is 5.73 Å². The molecule has 1 aromatic carbocycles. The molecule has 2 aliphatic rings. The molecule has 1 saturated carbocycles. The number of nitriles is 1. The molecule has 0 spiro atoms. The lowest BCUT2D eigenvalue weighted by atomic mass is 9.97. The second-order valence-electron chi connectivity index (χ2n) is 5.09. The van der Waals surface area contributed by atoms with E-state index in [1.807, 2.05) is 24.3 Å². The third-order valence-corrected chi connectivity index (χ3v) is 3.83. The van der Waals surface area contributed by atoms with Gasteiger partial charge < -0.3 is 10.5 Å². The second-order valence-corrected chi connectivity index (χ2v) is 5.09. The number of ether oxygens (including phenoxy) is 1. The van der Waals surface area contributed by atoms with Gasteiger partial charge in [0, 0.05) is 12.2 Å². The van der Waals surface area contributed by atoms with E-state index in [0.29, 0.717) is 13.1 Å². The SMILES string of the molecule is N#CC1(c2ccc(N3CC(CN)OC3=O)cc2)CC1. The molecule has 0 bridgehead atoms. The highest BCUT2D eigenvalue weighted by atomic mass is 16.6. The number of rotatable bonds is 3. The van der Waals surface area contributed by atoms with Crippen LogP contribution in [-0.4, -0.2) is 25.3 Å². The van der Waals surface area contributed by atoms with Gasteiger partial charge in [-0.05, 0) is 30.5 Å². The van der Waals surface area contributed by atoms with Crippen LogP contribution in [0.3, 0.4) is 0 Å². The molecule has 0 radical (unpaired) electrons. The number of anilines is 1. The highest BCUT2D eigenvalue weighted by Crippen LogP contribution is 2.47. The highest BCUT2D eigenvalue weighted by Gasteiger charge is 2.44. The Morgan fingerprint density at radius 2 is 2.11 bits per heavy atom. The van der Waals surface area contributed by atoms with Crippen LogP contribution in [0.25, 0.3) is 0 Å². The number of cyclic esters (lactones) is 1. The van der Waals surface area contributed by atoms with Crippen molar-refractivity contribution in [3.63, 3.8) is 0 Å². The number of carbonyl (C=O) groups excluding carboxylic acids is 1. The van der Waals surface area contributed by atoms with E-state index in [1.165, 1.54) is 0 Å². The van der Waals surface area contributed by atoms with Gasteiger partial charge in [0.1, 0.15) is 6.10 Å². The summed E-state index contributed by atoms with van der Waals surface area (Å²) < 4.78 is 5.12. The minimum Gasteiger partial charge on any atom is -0.443 e. The molecule has 1 aliphatic heterocycles. The molecule has 19 heavy (non-hydrogen) atoms. The summed E-state index contributed by atoms with van der Waals surface area (Å²) in [4.78, 5) is 13.3. The van der Waals surface area contributed by atoms with Gasteiger partial charge in [-0.15, -0.1) is 0 Å². The molecule has 1 saturated heterocycles. The lowest BCUT2D eigenvalue weighted by Crippen LogP contribution is -2.27. The van der Waals surface area contributed by atoms with Crippen LogP contribution >= 0.6 is 0 Å². The quantitative estimate of drug-likeness (QED) is 0.890. The van der Waals surface area contributed by atoms with E-state index < -0.39 is 0 Å². The van der Waals surface area contributed by atoms with E-state index in [9.17, 15) is 4.79 Å². The zero-order chi connectivity index (χ0) is 13.5. The Balaban J connectivity index is 1.80. The lowest BCUT2D eigenvalue weighted by molar-refractivity contribution is 0.145. The van der Waals surface area contributed by atoms with Gasteiger partial charge in [0.15, 0.2) is 0 Å². The average molecular weight is 257 g/mol. The summed E-state index contributed by atoms with van der Waals surface area (Å²) >= 11 is 0. The molecule has 98 valence electrons. The number of benzene rings is 1. The molecule has 1 aliphatic carbocycles.